The lowest BCUT2D eigenvalue weighted by molar-refractivity contribution is -0.118. The highest BCUT2D eigenvalue weighted by molar-refractivity contribution is 7.99. The maximum Gasteiger partial charge on any atom is 0.230 e. The molecule has 1 heterocycles. The molecule has 0 saturated carbocycles. The molecule has 2 aromatic carbocycles. The van der Waals surface area contributed by atoms with Gasteiger partial charge in [0.25, 0.3) is 0 Å². The highest BCUT2D eigenvalue weighted by atomic mass is 32.2. The molecule has 6 heteroatoms. The van der Waals surface area contributed by atoms with Crippen molar-refractivity contribution in [2.75, 3.05) is 5.75 Å². The predicted octanol–water partition coefficient (Wildman–Crippen LogP) is 4.00. The summed E-state index contributed by atoms with van der Waals surface area (Å²) in [5, 5.41) is 3.61. The molecular formula is C20H18FN3OS. The van der Waals surface area contributed by atoms with Crippen LogP contribution in [0, 0.1) is 12.7 Å². The van der Waals surface area contributed by atoms with Crippen molar-refractivity contribution in [3.8, 4) is 11.4 Å². The van der Waals surface area contributed by atoms with E-state index >= 15 is 0 Å². The van der Waals surface area contributed by atoms with Gasteiger partial charge in [-0.3, -0.25) is 4.79 Å². The fraction of sp³-hybridized carbons (Fsp3) is 0.150. The second-order valence-electron chi connectivity index (χ2n) is 5.73. The van der Waals surface area contributed by atoms with Crippen LogP contribution in [0.3, 0.4) is 0 Å². The van der Waals surface area contributed by atoms with Crippen molar-refractivity contribution in [1.82, 2.24) is 15.3 Å². The first-order valence-electron chi connectivity index (χ1n) is 8.15. The van der Waals surface area contributed by atoms with Gasteiger partial charge in [-0.25, -0.2) is 14.4 Å². The van der Waals surface area contributed by atoms with Crippen molar-refractivity contribution in [2.24, 2.45) is 0 Å². The lowest BCUT2D eigenvalue weighted by Gasteiger charge is -2.07. The summed E-state index contributed by atoms with van der Waals surface area (Å²) in [6.45, 7) is 2.37. The molecule has 132 valence electrons. The Balaban J connectivity index is 1.61. The van der Waals surface area contributed by atoms with Crippen LogP contribution in [0.5, 0.6) is 0 Å². The van der Waals surface area contributed by atoms with Gasteiger partial charge in [-0.2, -0.15) is 0 Å². The number of benzene rings is 2. The molecule has 26 heavy (non-hydrogen) atoms. The smallest absolute Gasteiger partial charge is 0.230 e. The third kappa shape index (κ3) is 5.13. The van der Waals surface area contributed by atoms with Crippen LogP contribution in [0.4, 0.5) is 4.39 Å². The van der Waals surface area contributed by atoms with Crippen LogP contribution in [0.15, 0.2) is 65.7 Å². The molecule has 4 nitrogen and oxygen atoms in total. The summed E-state index contributed by atoms with van der Waals surface area (Å²) in [5.74, 6) is 0.438. The van der Waals surface area contributed by atoms with Crippen LogP contribution < -0.4 is 5.32 Å². The topological polar surface area (TPSA) is 54.9 Å². The summed E-state index contributed by atoms with van der Waals surface area (Å²) < 4.78 is 13.1. The van der Waals surface area contributed by atoms with Crippen LogP contribution in [0.2, 0.25) is 0 Å². The van der Waals surface area contributed by atoms with Crippen molar-refractivity contribution in [1.29, 1.82) is 0 Å². The zero-order valence-corrected chi connectivity index (χ0v) is 15.1. The lowest BCUT2D eigenvalue weighted by Crippen LogP contribution is -2.24. The summed E-state index contributed by atoms with van der Waals surface area (Å²) in [6, 6.07) is 17.6. The van der Waals surface area contributed by atoms with Crippen LogP contribution in [0.25, 0.3) is 11.4 Å². The summed E-state index contributed by atoms with van der Waals surface area (Å²) in [5.41, 5.74) is 2.60. The summed E-state index contributed by atoms with van der Waals surface area (Å²) in [6.07, 6.45) is 0. The van der Waals surface area contributed by atoms with Crippen LogP contribution in [-0.2, 0) is 11.3 Å². The Bertz CT molecular complexity index is 885. The van der Waals surface area contributed by atoms with Gasteiger partial charge >= 0.3 is 0 Å². The predicted molar refractivity (Wildman–Crippen MR) is 101 cm³/mol. The van der Waals surface area contributed by atoms with Crippen molar-refractivity contribution in [2.45, 2.75) is 18.5 Å². The number of nitrogens with one attached hydrogen (secondary N) is 1. The zero-order valence-electron chi connectivity index (χ0n) is 14.3. The number of aryl methyl sites for hydroxylation is 1. The van der Waals surface area contributed by atoms with Gasteiger partial charge in [0.2, 0.25) is 5.91 Å². The van der Waals surface area contributed by atoms with E-state index in [2.05, 4.69) is 15.3 Å². The van der Waals surface area contributed by atoms with E-state index in [1.54, 1.807) is 12.1 Å². The molecule has 0 saturated heterocycles. The second-order valence-corrected chi connectivity index (χ2v) is 6.72. The maximum absolute atomic E-state index is 13.1. The molecule has 1 N–H and O–H groups in total. The minimum Gasteiger partial charge on any atom is -0.351 e. The molecule has 0 unspecified atom stereocenters. The van der Waals surface area contributed by atoms with E-state index in [1.807, 2.05) is 43.3 Å². The number of carbonyl (C=O) groups excluding carboxylic acids is 1. The van der Waals surface area contributed by atoms with Crippen LogP contribution in [-0.4, -0.2) is 21.6 Å². The minimum atomic E-state index is -0.300. The van der Waals surface area contributed by atoms with Crippen molar-refractivity contribution >= 4 is 17.7 Å². The van der Waals surface area contributed by atoms with Crippen molar-refractivity contribution in [3.63, 3.8) is 0 Å². The number of aromatic nitrogens is 2. The first kappa shape index (κ1) is 18.1. The van der Waals surface area contributed by atoms with E-state index in [4.69, 9.17) is 0 Å². The van der Waals surface area contributed by atoms with Crippen LogP contribution in [0.1, 0.15) is 11.3 Å². The standard InChI is InChI=1S/C20H18FN3OS/c1-14-11-19(24-20(23-14)16-7-9-17(21)10-8-16)26-13-18(25)22-12-15-5-3-2-4-6-15/h2-11H,12-13H2,1H3,(H,22,25). The third-order valence-corrected chi connectivity index (χ3v) is 4.53. The zero-order chi connectivity index (χ0) is 18.4. The number of rotatable bonds is 6. The SMILES string of the molecule is Cc1cc(SCC(=O)NCc2ccccc2)nc(-c2ccc(F)cc2)n1. The molecule has 1 amide bonds. The Morgan fingerprint density at radius 2 is 1.81 bits per heavy atom. The first-order chi connectivity index (χ1) is 12.6. The summed E-state index contributed by atoms with van der Waals surface area (Å²) in [7, 11) is 0. The highest BCUT2D eigenvalue weighted by Gasteiger charge is 2.08. The van der Waals surface area contributed by atoms with Gasteiger partial charge in [-0.05, 0) is 42.8 Å². The molecule has 3 rings (SSSR count). The third-order valence-electron chi connectivity index (χ3n) is 3.62. The maximum atomic E-state index is 13.1. The Morgan fingerprint density at radius 3 is 2.54 bits per heavy atom. The van der Waals surface area contributed by atoms with E-state index in [1.165, 1.54) is 23.9 Å². The summed E-state index contributed by atoms with van der Waals surface area (Å²) >= 11 is 1.35. The van der Waals surface area contributed by atoms with E-state index < -0.39 is 0 Å². The van der Waals surface area contributed by atoms with Gasteiger partial charge in [0.05, 0.1) is 5.75 Å². The fourth-order valence-corrected chi connectivity index (χ4v) is 3.11. The normalized spacial score (nSPS) is 10.5. The van der Waals surface area contributed by atoms with Gasteiger partial charge in [0.15, 0.2) is 5.82 Å². The number of hydrogen-bond acceptors (Lipinski definition) is 4. The van der Waals surface area contributed by atoms with Gasteiger partial charge in [-0.1, -0.05) is 42.1 Å². The first-order valence-corrected chi connectivity index (χ1v) is 9.14. The monoisotopic (exact) mass is 367 g/mol. The molecule has 0 atom stereocenters. The molecule has 0 spiro atoms. The summed E-state index contributed by atoms with van der Waals surface area (Å²) in [4.78, 5) is 20.9. The quantitative estimate of drug-likeness (QED) is 0.528. The van der Waals surface area contributed by atoms with Crippen molar-refractivity contribution < 1.29 is 9.18 Å². The average molecular weight is 367 g/mol. The van der Waals surface area contributed by atoms with Gasteiger partial charge in [0, 0.05) is 17.8 Å². The highest BCUT2D eigenvalue weighted by Crippen LogP contribution is 2.21. The van der Waals surface area contributed by atoms with Crippen LogP contribution >= 0.6 is 11.8 Å². The van der Waals surface area contributed by atoms with E-state index in [0.717, 1.165) is 16.8 Å². The Labute approximate surface area is 155 Å². The average Bonchev–Trinajstić information content (AvgIpc) is 2.66. The second kappa shape index (κ2) is 8.58. The van der Waals surface area contributed by atoms with Gasteiger partial charge < -0.3 is 5.32 Å². The Morgan fingerprint density at radius 1 is 1.08 bits per heavy atom. The van der Waals surface area contributed by atoms with E-state index in [-0.39, 0.29) is 17.5 Å². The fourth-order valence-electron chi connectivity index (χ4n) is 2.33. The number of amides is 1. The molecule has 0 aliphatic rings. The number of nitrogens with zero attached hydrogens (tertiary/aromatic N) is 2. The molecule has 1 aromatic heterocycles. The Kier molecular flexibility index (Phi) is 5.96. The largest absolute Gasteiger partial charge is 0.351 e. The molecule has 0 bridgehead atoms. The van der Waals surface area contributed by atoms with Crippen molar-refractivity contribution in [3.05, 3.63) is 77.7 Å². The lowest BCUT2D eigenvalue weighted by atomic mass is 10.2. The molecule has 0 fully saturated rings. The number of carbonyl (C=O) groups is 1. The number of halogens is 1. The number of thioether (sulfide) groups is 1. The molecule has 0 radical (unpaired) electrons. The molecule has 3 aromatic rings. The van der Waals surface area contributed by atoms with Gasteiger partial charge in [0.1, 0.15) is 10.8 Å². The minimum absolute atomic E-state index is 0.0570. The van der Waals surface area contributed by atoms with Gasteiger partial charge in [-0.15, -0.1) is 0 Å². The number of hydrogen-bond donors (Lipinski definition) is 1. The molecule has 0 aliphatic carbocycles. The molecular weight excluding hydrogens is 349 g/mol. The van der Waals surface area contributed by atoms with E-state index in [9.17, 15) is 9.18 Å². The van der Waals surface area contributed by atoms with E-state index in [0.29, 0.717) is 17.4 Å². The Hall–Kier alpha value is -2.73. The molecule has 0 aliphatic heterocycles.